The molecule has 1 N–H and O–H groups in total. The number of aryl methyl sites for hydroxylation is 1. The Morgan fingerprint density at radius 2 is 1.96 bits per heavy atom. The second-order valence-electron chi connectivity index (χ2n) is 6.88. The highest BCUT2D eigenvalue weighted by molar-refractivity contribution is 5.89. The van der Waals surface area contributed by atoms with E-state index in [1.807, 2.05) is 52.0 Å². The first-order chi connectivity index (χ1) is 11.8. The van der Waals surface area contributed by atoms with Gasteiger partial charge in [-0.25, -0.2) is 0 Å². The normalized spacial score (nSPS) is 11.5. The molecule has 1 aromatic carbocycles. The summed E-state index contributed by atoms with van der Waals surface area (Å²) in [5.74, 6) is 0.459. The molecule has 8 heteroatoms. The van der Waals surface area contributed by atoms with Crippen molar-refractivity contribution in [3.63, 3.8) is 0 Å². The van der Waals surface area contributed by atoms with Crippen LogP contribution in [-0.4, -0.2) is 31.3 Å². The topological polar surface area (TPSA) is 98.7 Å². The summed E-state index contributed by atoms with van der Waals surface area (Å²) in [6.07, 6.45) is 0. The van der Waals surface area contributed by atoms with Gasteiger partial charge >= 0.3 is 0 Å². The van der Waals surface area contributed by atoms with E-state index in [4.69, 9.17) is 4.52 Å². The second-order valence-corrected chi connectivity index (χ2v) is 6.88. The first kappa shape index (κ1) is 16.8. The number of benzene rings is 1. The van der Waals surface area contributed by atoms with Crippen molar-refractivity contribution in [2.24, 2.45) is 0 Å². The van der Waals surface area contributed by atoms with Crippen LogP contribution in [0.1, 0.15) is 32.0 Å². The quantitative estimate of drug-likeness (QED) is 0.784. The maximum atomic E-state index is 12.1. The van der Waals surface area contributed by atoms with Crippen LogP contribution in [0.3, 0.4) is 0 Å². The number of anilines is 1. The van der Waals surface area contributed by atoms with Crippen molar-refractivity contribution in [2.45, 2.75) is 39.7 Å². The maximum Gasteiger partial charge on any atom is 0.250 e. The third-order valence-electron chi connectivity index (χ3n) is 3.59. The lowest BCUT2D eigenvalue weighted by Crippen LogP contribution is -2.20. The molecule has 130 valence electrons. The summed E-state index contributed by atoms with van der Waals surface area (Å²) in [5, 5.41) is 18.7. The lowest BCUT2D eigenvalue weighted by Gasteiger charge is -2.12. The van der Waals surface area contributed by atoms with Gasteiger partial charge in [0.15, 0.2) is 0 Å². The molecule has 0 bridgehead atoms. The average Bonchev–Trinajstić information content (AvgIpc) is 3.17. The molecule has 0 fully saturated rings. The highest BCUT2D eigenvalue weighted by Crippen LogP contribution is 2.23. The van der Waals surface area contributed by atoms with Gasteiger partial charge in [-0.05, 0) is 12.1 Å². The Hall–Kier alpha value is -3.03. The van der Waals surface area contributed by atoms with Gasteiger partial charge in [-0.15, -0.1) is 10.2 Å². The van der Waals surface area contributed by atoms with Crippen molar-refractivity contribution in [3.8, 4) is 11.4 Å². The third kappa shape index (κ3) is 4.09. The van der Waals surface area contributed by atoms with E-state index < -0.39 is 0 Å². The van der Waals surface area contributed by atoms with Crippen molar-refractivity contribution < 1.29 is 9.32 Å². The van der Waals surface area contributed by atoms with Crippen LogP contribution in [0.4, 0.5) is 5.88 Å². The van der Waals surface area contributed by atoms with E-state index in [1.54, 1.807) is 6.07 Å². The summed E-state index contributed by atoms with van der Waals surface area (Å²) >= 11 is 0. The maximum absolute atomic E-state index is 12.1. The van der Waals surface area contributed by atoms with Crippen LogP contribution in [0.2, 0.25) is 0 Å². The first-order valence-electron chi connectivity index (χ1n) is 7.93. The van der Waals surface area contributed by atoms with Crippen LogP contribution >= 0.6 is 0 Å². The zero-order valence-corrected chi connectivity index (χ0v) is 14.6. The van der Waals surface area contributed by atoms with Gasteiger partial charge < -0.3 is 4.52 Å². The Bertz CT molecular complexity index is 873. The largest absolute Gasteiger partial charge is 0.338 e. The number of aromatic nitrogens is 5. The predicted octanol–water partition coefficient (Wildman–Crippen LogP) is 2.57. The molecule has 0 aliphatic rings. The summed E-state index contributed by atoms with van der Waals surface area (Å²) in [4.78, 5) is 13.3. The molecule has 0 saturated carbocycles. The number of hydrogen-bond donors (Lipinski definition) is 1. The lowest BCUT2D eigenvalue weighted by molar-refractivity contribution is -0.117. The molecule has 1 amide bonds. The monoisotopic (exact) mass is 340 g/mol. The third-order valence-corrected chi connectivity index (χ3v) is 3.59. The number of amides is 1. The highest BCUT2D eigenvalue weighted by atomic mass is 16.5. The minimum absolute atomic E-state index is 0.0651. The van der Waals surface area contributed by atoms with Gasteiger partial charge in [-0.1, -0.05) is 55.8 Å². The van der Waals surface area contributed by atoms with E-state index in [0.29, 0.717) is 11.7 Å². The van der Waals surface area contributed by atoms with E-state index in [2.05, 4.69) is 25.9 Å². The van der Waals surface area contributed by atoms with Gasteiger partial charge in [-0.3, -0.25) is 10.1 Å². The number of carbonyl (C=O) groups excluding carboxylic acids is 1. The van der Waals surface area contributed by atoms with Crippen LogP contribution in [0.5, 0.6) is 0 Å². The summed E-state index contributed by atoms with van der Waals surface area (Å²) in [7, 11) is 0. The van der Waals surface area contributed by atoms with E-state index in [1.165, 1.54) is 4.80 Å². The number of hydrogen-bond acceptors (Lipinski definition) is 6. The zero-order chi connectivity index (χ0) is 18.0. The van der Waals surface area contributed by atoms with Gasteiger partial charge in [0.25, 0.3) is 0 Å². The number of tetrazole rings is 1. The molecule has 3 aromatic rings. The molecule has 3 rings (SSSR count). The van der Waals surface area contributed by atoms with Crippen LogP contribution in [-0.2, 0) is 16.8 Å². The molecule has 0 aliphatic heterocycles. The van der Waals surface area contributed by atoms with Crippen molar-refractivity contribution in [3.05, 3.63) is 41.6 Å². The summed E-state index contributed by atoms with van der Waals surface area (Å²) < 4.78 is 5.14. The summed E-state index contributed by atoms with van der Waals surface area (Å²) in [6, 6.07) is 9.49. The molecule has 25 heavy (non-hydrogen) atoms. The number of rotatable bonds is 4. The summed E-state index contributed by atoms with van der Waals surface area (Å²) in [6.45, 7) is 7.99. The van der Waals surface area contributed by atoms with Crippen LogP contribution in [0.25, 0.3) is 11.4 Å². The molecule has 0 saturated heterocycles. The Balaban J connectivity index is 1.64. The van der Waals surface area contributed by atoms with Crippen molar-refractivity contribution in [1.29, 1.82) is 0 Å². The molecule has 0 aliphatic carbocycles. The van der Waals surface area contributed by atoms with E-state index in [9.17, 15) is 4.79 Å². The van der Waals surface area contributed by atoms with Crippen molar-refractivity contribution >= 4 is 11.8 Å². The molecule has 0 spiro atoms. The molecule has 0 atom stereocenters. The molecule has 0 unspecified atom stereocenters. The van der Waals surface area contributed by atoms with Gasteiger partial charge in [0.2, 0.25) is 17.6 Å². The lowest BCUT2D eigenvalue weighted by atomic mass is 9.92. The number of nitrogens with one attached hydrogen (secondary N) is 1. The zero-order valence-electron chi connectivity index (χ0n) is 14.6. The standard InChI is InChI=1S/C17H20N6O2/c1-11-5-7-12(8-6-11)16-19-22-23(20-16)10-14(24)18-15-9-13(21-25-15)17(2,3)4/h5-9H,10H2,1-4H3,(H,18,24). The van der Waals surface area contributed by atoms with E-state index in [0.717, 1.165) is 16.8 Å². The smallest absolute Gasteiger partial charge is 0.250 e. The molecule has 0 radical (unpaired) electrons. The van der Waals surface area contributed by atoms with Crippen LogP contribution in [0.15, 0.2) is 34.9 Å². The minimum atomic E-state index is -0.315. The number of carbonyl (C=O) groups is 1. The molecular weight excluding hydrogens is 320 g/mol. The molecule has 2 heterocycles. The van der Waals surface area contributed by atoms with Gasteiger partial charge in [-0.2, -0.15) is 4.80 Å². The molecule has 8 nitrogen and oxygen atoms in total. The van der Waals surface area contributed by atoms with Gasteiger partial charge in [0, 0.05) is 17.0 Å². The Labute approximate surface area is 145 Å². The predicted molar refractivity (Wildman–Crippen MR) is 91.8 cm³/mol. The Morgan fingerprint density at radius 3 is 2.60 bits per heavy atom. The average molecular weight is 340 g/mol. The fourth-order valence-corrected chi connectivity index (χ4v) is 2.12. The van der Waals surface area contributed by atoms with Crippen molar-refractivity contribution in [1.82, 2.24) is 25.4 Å². The second kappa shape index (κ2) is 6.46. The van der Waals surface area contributed by atoms with Crippen molar-refractivity contribution in [2.75, 3.05) is 5.32 Å². The van der Waals surface area contributed by atoms with Gasteiger partial charge in [0.1, 0.15) is 6.54 Å². The molecular formula is C17H20N6O2. The molecule has 2 aromatic heterocycles. The minimum Gasteiger partial charge on any atom is -0.338 e. The first-order valence-corrected chi connectivity index (χ1v) is 7.93. The van der Waals surface area contributed by atoms with Crippen LogP contribution < -0.4 is 5.32 Å². The fraction of sp³-hybridized carbons (Fsp3) is 0.353. The SMILES string of the molecule is Cc1ccc(-c2nnn(CC(=O)Nc3cc(C(C)(C)C)no3)n2)cc1. The fourth-order valence-electron chi connectivity index (χ4n) is 2.12. The number of nitrogens with zero attached hydrogens (tertiary/aromatic N) is 5. The summed E-state index contributed by atoms with van der Waals surface area (Å²) in [5.41, 5.74) is 2.62. The van der Waals surface area contributed by atoms with E-state index in [-0.39, 0.29) is 17.9 Å². The Morgan fingerprint density at radius 1 is 1.24 bits per heavy atom. The Kier molecular flexibility index (Phi) is 4.35. The van der Waals surface area contributed by atoms with E-state index >= 15 is 0 Å². The highest BCUT2D eigenvalue weighted by Gasteiger charge is 2.20. The van der Waals surface area contributed by atoms with Gasteiger partial charge in [0.05, 0.1) is 5.69 Å². The van der Waals surface area contributed by atoms with Crippen LogP contribution in [0, 0.1) is 6.92 Å².